The van der Waals surface area contributed by atoms with E-state index in [4.69, 9.17) is 76.0 Å². The fourth-order valence-corrected chi connectivity index (χ4v) is 18.8. The van der Waals surface area contributed by atoms with Gasteiger partial charge in [-0.1, -0.05) is 44.9 Å². The van der Waals surface area contributed by atoms with Crippen LogP contribution >= 0.6 is 45.3 Å². The monoisotopic (exact) mass is 1830 g/mol. The van der Waals surface area contributed by atoms with Crippen molar-refractivity contribution < 1.29 is 148 Å². The number of thiophene rings is 4. The average Bonchev–Trinajstić information content (AvgIpc) is 0.797. The van der Waals surface area contributed by atoms with E-state index >= 15 is 0 Å². The maximum Gasteiger partial charge on any atom is 0.267 e. The van der Waals surface area contributed by atoms with Gasteiger partial charge in [0.15, 0.2) is 34.4 Å². The number of amides is 4. The van der Waals surface area contributed by atoms with Crippen molar-refractivity contribution >= 4 is 178 Å². The molecule has 0 unspecified atom stereocenters. The van der Waals surface area contributed by atoms with Crippen LogP contribution in [0.4, 0.5) is 46.3 Å². The van der Waals surface area contributed by atoms with Crippen molar-refractivity contribution in [2.75, 3.05) is 40.1 Å². The standard InChI is InChI=1S/4C20H21N3O5S2/c4*1-10-8-11(2)17(15(9-10)14(5)24)21-19(25)18-16(6-7-29-18)30(26,27)23-20-12(3)13(4)22-28-20/h4*6-9,23H,1-5H3,(H,21,25)/i1D3,2D3,3D3,5D3,9D;1D3,2D3,5D3,9D;3D3,5D3,9D;5D3,9D/hD8. The van der Waals surface area contributed by atoms with E-state index < -0.39 is 315 Å². The maximum absolute atomic E-state index is 13.6. The molecular weight excluding hydrogens is 1710 g/mol. The smallest absolute Gasteiger partial charge is 0.267 e. The summed E-state index contributed by atoms with van der Waals surface area (Å²) < 4.78 is 454. The Hall–Kier alpha value is -11.9. The summed E-state index contributed by atoms with van der Waals surface area (Å²) >= 11 is 2.04. The third kappa shape index (κ3) is 21.0. The first-order chi connectivity index (χ1) is 73.3. The lowest BCUT2D eigenvalue weighted by atomic mass is 10.0. The molecule has 4 amide bonds. The van der Waals surface area contributed by atoms with Crippen LogP contribution in [0.15, 0.2) is 132 Å². The van der Waals surface area contributed by atoms with Crippen LogP contribution < -0.4 is 40.1 Å². The molecule has 8 N–H and O–H groups in total. The molecular formula is C80H84N12O20S8. The molecule has 632 valence electrons. The highest BCUT2D eigenvalue weighted by Gasteiger charge is 2.33. The van der Waals surface area contributed by atoms with Gasteiger partial charge in [-0.3, -0.25) is 38.4 Å². The summed E-state index contributed by atoms with van der Waals surface area (Å²) in [5.74, 6) is -15.4. The third-order valence-corrected chi connectivity index (χ3v) is 25.1. The molecule has 0 saturated carbocycles. The van der Waals surface area contributed by atoms with Crippen LogP contribution in [-0.2, 0) is 40.1 Å². The van der Waals surface area contributed by atoms with Gasteiger partial charge in [0, 0.05) is 85.6 Å². The highest BCUT2D eigenvalue weighted by Crippen LogP contribution is 2.36. The van der Waals surface area contributed by atoms with Crippen LogP contribution in [0.2, 0.25) is 11.3 Å². The van der Waals surface area contributed by atoms with Gasteiger partial charge >= 0.3 is 0 Å². The number of hydrogen-bond donors (Lipinski definition) is 8. The van der Waals surface area contributed by atoms with E-state index in [0.29, 0.717) is 68.7 Å². The van der Waals surface area contributed by atoms with Crippen LogP contribution in [0.5, 0.6) is 0 Å². The summed E-state index contributed by atoms with van der Waals surface area (Å²) in [6.07, 6.45) is 0. The van der Waals surface area contributed by atoms with Gasteiger partial charge in [-0.25, -0.2) is 52.5 Å². The molecule has 0 spiro atoms. The lowest BCUT2D eigenvalue weighted by Gasteiger charge is -2.14. The van der Waals surface area contributed by atoms with Gasteiger partial charge in [0.25, 0.3) is 63.7 Å². The summed E-state index contributed by atoms with van der Waals surface area (Å²) in [6, 6.07) is 3.82. The summed E-state index contributed by atoms with van der Waals surface area (Å²) in [5, 5.41) is 18.3. The Bertz CT molecular complexity index is 8420. The largest absolute Gasteiger partial charge is 0.337 e. The predicted molar refractivity (Wildman–Crippen MR) is 460 cm³/mol. The minimum atomic E-state index is -5.22. The molecule has 8 aromatic heterocycles. The van der Waals surface area contributed by atoms with Gasteiger partial charge in [-0.2, -0.15) is 0 Å². The Balaban J connectivity index is 0.000000239. The van der Waals surface area contributed by atoms with E-state index in [2.05, 4.69) is 20.6 Å². The Kier molecular flexibility index (Phi) is 15.4. The normalized spacial score (nSPS) is 17.5. The molecule has 0 radical (unpaired) electrons. The molecule has 32 nitrogen and oxygen atoms in total. The first kappa shape index (κ1) is 49.6. The van der Waals surface area contributed by atoms with Gasteiger partial charge in [-0.15, -0.1) is 45.3 Å². The Morgan fingerprint density at radius 1 is 0.333 bits per heavy atom. The van der Waals surface area contributed by atoms with E-state index in [-0.39, 0.29) is 90.9 Å². The predicted octanol–water partition coefficient (Wildman–Crippen LogP) is 16.9. The average molecular weight is 1830 g/mol. The van der Waals surface area contributed by atoms with Crippen molar-refractivity contribution in [3.05, 3.63) is 226 Å². The molecule has 0 aliphatic rings. The van der Waals surface area contributed by atoms with Crippen molar-refractivity contribution in [3.63, 3.8) is 0 Å². The second-order valence-electron chi connectivity index (χ2n) is 24.4. The van der Waals surface area contributed by atoms with Crippen LogP contribution in [0.25, 0.3) is 0 Å². The number of aromatic nitrogens is 4. The Morgan fingerprint density at radius 2 is 0.567 bits per heavy atom. The number of hydrogen-bond acceptors (Lipinski definition) is 28. The number of aryl methyl sites for hydroxylation is 12. The highest BCUT2D eigenvalue weighted by molar-refractivity contribution is 7.94. The number of ketones is 4. The zero-order valence-electron chi connectivity index (χ0n) is 105. The first-order valence-electron chi connectivity index (χ1n) is 53.3. The molecule has 0 atom stereocenters. The number of sulfonamides is 4. The molecule has 4 aromatic carbocycles. The number of nitrogens with zero attached hydrogens (tertiary/aromatic N) is 4. The van der Waals surface area contributed by atoms with Crippen molar-refractivity contribution in [1.82, 2.24) is 20.6 Å². The number of rotatable bonds is 24. The van der Waals surface area contributed by atoms with Gasteiger partial charge < -0.3 is 39.3 Å². The number of carbonyl (C=O) groups excluding carboxylic acids is 8. The zero-order chi connectivity index (χ0) is 124. The van der Waals surface area contributed by atoms with Gasteiger partial charge in [0.05, 0.1) is 51.0 Å². The fraction of sp³-hybridized carbons (Fsp3) is 0.250. The second-order valence-corrected chi connectivity index (χ2v) is 34.3. The van der Waals surface area contributed by atoms with Crippen molar-refractivity contribution in [1.29, 1.82) is 0 Å². The topological polar surface area (TPSA) is 473 Å². The molecule has 120 heavy (non-hydrogen) atoms. The summed E-state index contributed by atoms with van der Waals surface area (Å²) in [6.45, 7) is -18.5. The molecule has 0 fully saturated rings. The molecule has 40 heteroatoms. The summed E-state index contributed by atoms with van der Waals surface area (Å²) in [4.78, 5) is 99.4. The van der Waals surface area contributed by atoms with E-state index in [1.54, 1.807) is 6.92 Å². The number of carbonyl (C=O) groups is 8. The van der Waals surface area contributed by atoms with Crippen molar-refractivity contribution in [2.45, 2.75) is 157 Å². The van der Waals surface area contributed by atoms with Crippen LogP contribution in [0.3, 0.4) is 0 Å². The molecule has 0 saturated heterocycles. The van der Waals surface area contributed by atoms with Crippen LogP contribution in [0, 0.1) is 110 Å². The molecule has 0 aliphatic carbocycles. The number of Topliss-reactive ketones (excluding diaryl/α,β-unsaturated/α-hetero) is 4. The van der Waals surface area contributed by atoms with E-state index in [9.17, 15) is 72.0 Å². The number of benzene rings is 4. The molecule has 0 bridgehead atoms. The highest BCUT2D eigenvalue weighted by atomic mass is 32.2. The molecule has 12 aromatic rings. The minimum Gasteiger partial charge on any atom is -0.337 e. The Morgan fingerprint density at radius 3 is 0.792 bits per heavy atom. The maximum atomic E-state index is 13.6. The van der Waals surface area contributed by atoms with E-state index in [0.717, 1.165) is 35.0 Å². The summed E-state index contributed by atoms with van der Waals surface area (Å²) in [5.41, 5.74) is -12.0. The lowest BCUT2D eigenvalue weighted by molar-refractivity contribution is 0.100. The second kappa shape index (κ2) is 37.2. The fourth-order valence-electron chi connectivity index (χ4n) is 9.78. The lowest BCUT2D eigenvalue weighted by Crippen LogP contribution is -2.20. The van der Waals surface area contributed by atoms with Gasteiger partial charge in [-0.05, 0) is 252 Å². The SMILES string of the molecule is [2H]c1c(C([2H])([2H])[2H])cc(C([2H])([2H])[2H])c(N([2H])C(=O)c2sccc2S(=O)(=O)N([2H])c2onc(C)c2C([2H])([2H])[2H])c1C(=O)C([2H])([2H])[2H].[2H]c1c(C([2H])([2H])[2H])cc(C([2H])([2H])[2H])c(N([2H])C(=O)c2sccc2S(=O)(=O)N([2H])c2onc(C)c2C)c1C(=O)C([2H])([2H])[2H].[2H]c1c(C)cc(C)c(N([2H])C(=O)c2sccc2S(=O)(=O)N([2H])c2onc(C)c2C([2H])([2H])[2H])c1C(=O)C([2H])([2H])[2H].[2H]c1c(C)cc(C)c(N([2H])C(=O)c2sccc2S(=O)(=O)N([2H])c2onc(C)c2C)c1C(=O)C([2H])([2H])[2H]. The molecule has 12 rings (SSSR count). The van der Waals surface area contributed by atoms with E-state index in [1.807, 2.05) is 0 Å². The zero-order valence-corrected chi connectivity index (χ0v) is 69.3. The minimum absolute atomic E-state index is 0.0556. The summed E-state index contributed by atoms with van der Waals surface area (Å²) in [7, 11) is -19.8. The van der Waals surface area contributed by atoms with Crippen LogP contribution in [0.1, 0.15) is 244 Å². The third-order valence-electron chi connectivity index (χ3n) is 15.7. The molecule has 0 aliphatic heterocycles. The van der Waals surface area contributed by atoms with Crippen LogP contribution in [-0.4, -0.2) is 101 Å². The number of nitrogens with one attached hydrogen (secondary N) is 8. The quantitative estimate of drug-likeness (QED) is 0.0260. The van der Waals surface area contributed by atoms with Crippen molar-refractivity contribution in [2.24, 2.45) is 0 Å². The molecule has 8 heterocycles. The Labute approximate surface area is 767 Å². The van der Waals surface area contributed by atoms with Gasteiger partial charge in [0.1, 0.15) is 39.1 Å². The van der Waals surface area contributed by atoms with E-state index in [1.165, 1.54) is 85.2 Å². The first-order valence-corrected chi connectivity index (χ1v) is 42.0. The van der Waals surface area contributed by atoms with Gasteiger partial charge in [0.2, 0.25) is 23.5 Å². The van der Waals surface area contributed by atoms with Crippen molar-refractivity contribution in [3.8, 4) is 0 Å². The number of anilines is 8.